The third-order valence-electron chi connectivity index (χ3n) is 2.87. The van der Waals surface area contributed by atoms with Gasteiger partial charge in [0, 0.05) is 15.6 Å². The average molecular weight is 353 g/mol. The zero-order chi connectivity index (χ0) is 15.4. The van der Waals surface area contributed by atoms with E-state index in [1.54, 1.807) is 30.3 Å². The quantitative estimate of drug-likeness (QED) is 0.639. The lowest BCUT2D eigenvalue weighted by Crippen LogP contribution is -2.11. The summed E-state index contributed by atoms with van der Waals surface area (Å²) in [5.74, 6) is 0.507. The standard InChI is InChI=1S/C15H14BrFN2O2/c1-20-14-6-9(15(18)19)3-5-13(14)21-8-10-2-4-11(16)7-12(10)17/h2-7H,8H2,1H3,(H3,18,19). The summed E-state index contributed by atoms with van der Waals surface area (Å²) in [6, 6.07) is 9.68. The van der Waals surface area contributed by atoms with Gasteiger partial charge in [0.1, 0.15) is 18.3 Å². The van der Waals surface area contributed by atoms with Crippen LogP contribution < -0.4 is 15.2 Å². The fourth-order valence-electron chi connectivity index (χ4n) is 1.75. The van der Waals surface area contributed by atoms with Gasteiger partial charge in [-0.05, 0) is 30.3 Å². The number of benzene rings is 2. The molecular weight excluding hydrogens is 339 g/mol. The second kappa shape index (κ2) is 6.58. The first-order chi connectivity index (χ1) is 10.0. The smallest absolute Gasteiger partial charge is 0.161 e. The van der Waals surface area contributed by atoms with Crippen molar-refractivity contribution in [2.75, 3.05) is 7.11 Å². The summed E-state index contributed by atoms with van der Waals surface area (Å²) in [6.07, 6.45) is 0. The van der Waals surface area contributed by atoms with Crippen LogP contribution in [0.3, 0.4) is 0 Å². The number of ether oxygens (including phenoxy) is 2. The van der Waals surface area contributed by atoms with Crippen LogP contribution in [0.1, 0.15) is 11.1 Å². The molecule has 0 heterocycles. The van der Waals surface area contributed by atoms with E-state index in [1.165, 1.54) is 13.2 Å². The summed E-state index contributed by atoms with van der Waals surface area (Å²) in [5.41, 5.74) is 6.40. The van der Waals surface area contributed by atoms with E-state index in [-0.39, 0.29) is 18.3 Å². The van der Waals surface area contributed by atoms with E-state index >= 15 is 0 Å². The molecule has 0 bridgehead atoms. The molecule has 0 aliphatic heterocycles. The van der Waals surface area contributed by atoms with Crippen molar-refractivity contribution in [2.24, 2.45) is 5.73 Å². The van der Waals surface area contributed by atoms with Crippen molar-refractivity contribution in [3.05, 3.63) is 57.8 Å². The van der Waals surface area contributed by atoms with Gasteiger partial charge >= 0.3 is 0 Å². The van der Waals surface area contributed by atoms with Gasteiger partial charge in [0.2, 0.25) is 0 Å². The number of nitrogen functional groups attached to an aromatic ring is 1. The highest BCUT2D eigenvalue weighted by Crippen LogP contribution is 2.29. The highest BCUT2D eigenvalue weighted by atomic mass is 79.9. The number of methoxy groups -OCH3 is 1. The Morgan fingerprint density at radius 3 is 2.62 bits per heavy atom. The van der Waals surface area contributed by atoms with E-state index in [1.807, 2.05) is 0 Å². The maximum atomic E-state index is 13.7. The molecule has 2 aromatic rings. The van der Waals surface area contributed by atoms with E-state index in [2.05, 4.69) is 15.9 Å². The van der Waals surface area contributed by atoms with E-state index in [0.29, 0.717) is 27.1 Å². The van der Waals surface area contributed by atoms with Gasteiger partial charge in [0.25, 0.3) is 0 Å². The lowest BCUT2D eigenvalue weighted by Gasteiger charge is -2.12. The molecule has 6 heteroatoms. The predicted molar refractivity (Wildman–Crippen MR) is 82.4 cm³/mol. The summed E-state index contributed by atoms with van der Waals surface area (Å²) in [4.78, 5) is 0. The van der Waals surface area contributed by atoms with Crippen molar-refractivity contribution < 1.29 is 13.9 Å². The van der Waals surface area contributed by atoms with E-state index in [9.17, 15) is 4.39 Å². The molecule has 21 heavy (non-hydrogen) atoms. The first kappa shape index (κ1) is 15.3. The van der Waals surface area contributed by atoms with E-state index in [4.69, 9.17) is 20.6 Å². The zero-order valence-electron chi connectivity index (χ0n) is 11.3. The molecule has 0 unspecified atom stereocenters. The molecule has 2 aromatic carbocycles. The van der Waals surface area contributed by atoms with Gasteiger partial charge in [-0.3, -0.25) is 5.41 Å². The molecule has 0 fully saturated rings. The topological polar surface area (TPSA) is 68.3 Å². The summed E-state index contributed by atoms with van der Waals surface area (Å²) in [5, 5.41) is 7.39. The highest BCUT2D eigenvalue weighted by molar-refractivity contribution is 9.10. The van der Waals surface area contributed by atoms with Gasteiger partial charge in [0.15, 0.2) is 11.5 Å². The molecule has 0 spiro atoms. The Morgan fingerprint density at radius 1 is 1.24 bits per heavy atom. The number of halogens is 2. The molecule has 0 aromatic heterocycles. The maximum Gasteiger partial charge on any atom is 0.161 e. The minimum absolute atomic E-state index is 0.0567. The first-order valence-corrected chi connectivity index (χ1v) is 6.89. The second-order valence-electron chi connectivity index (χ2n) is 4.30. The van der Waals surface area contributed by atoms with Gasteiger partial charge in [0.05, 0.1) is 7.11 Å². The number of hydrogen-bond donors (Lipinski definition) is 2. The van der Waals surface area contributed by atoms with Crippen LogP contribution in [-0.4, -0.2) is 12.9 Å². The Bertz CT molecular complexity index is 677. The van der Waals surface area contributed by atoms with Crippen molar-refractivity contribution in [1.29, 1.82) is 5.41 Å². The average Bonchev–Trinajstić information content (AvgIpc) is 2.46. The molecule has 4 nitrogen and oxygen atoms in total. The largest absolute Gasteiger partial charge is 0.493 e. The molecule has 2 rings (SSSR count). The van der Waals surface area contributed by atoms with Gasteiger partial charge in [-0.1, -0.05) is 22.0 Å². The number of amidine groups is 1. The van der Waals surface area contributed by atoms with Crippen LogP contribution in [0, 0.1) is 11.2 Å². The SMILES string of the molecule is COc1cc(C(=N)N)ccc1OCc1ccc(Br)cc1F. The Hall–Kier alpha value is -2.08. The van der Waals surface area contributed by atoms with Crippen LogP contribution in [0.4, 0.5) is 4.39 Å². The third-order valence-corrected chi connectivity index (χ3v) is 3.37. The molecule has 0 aliphatic carbocycles. The van der Waals surface area contributed by atoms with Crippen LogP contribution >= 0.6 is 15.9 Å². The number of nitrogens with one attached hydrogen (secondary N) is 1. The van der Waals surface area contributed by atoms with Crippen LogP contribution in [-0.2, 0) is 6.61 Å². The monoisotopic (exact) mass is 352 g/mol. The molecule has 0 saturated carbocycles. The lowest BCUT2D eigenvalue weighted by molar-refractivity contribution is 0.279. The zero-order valence-corrected chi connectivity index (χ0v) is 12.9. The first-order valence-electron chi connectivity index (χ1n) is 6.10. The Labute approximate surface area is 130 Å². The van der Waals surface area contributed by atoms with Crippen molar-refractivity contribution in [3.8, 4) is 11.5 Å². The van der Waals surface area contributed by atoms with Crippen LogP contribution in [0.25, 0.3) is 0 Å². The van der Waals surface area contributed by atoms with Crippen molar-refractivity contribution in [2.45, 2.75) is 6.61 Å². The van der Waals surface area contributed by atoms with Crippen molar-refractivity contribution in [3.63, 3.8) is 0 Å². The highest BCUT2D eigenvalue weighted by Gasteiger charge is 2.09. The van der Waals surface area contributed by atoms with Crippen LogP contribution in [0.15, 0.2) is 40.9 Å². The lowest BCUT2D eigenvalue weighted by atomic mass is 10.2. The molecule has 0 atom stereocenters. The molecule has 0 saturated heterocycles. The Balaban J connectivity index is 2.17. The molecule has 3 N–H and O–H groups in total. The molecule has 0 aliphatic rings. The summed E-state index contributed by atoms with van der Waals surface area (Å²) >= 11 is 3.20. The van der Waals surface area contributed by atoms with Gasteiger partial charge in [-0.15, -0.1) is 0 Å². The van der Waals surface area contributed by atoms with Crippen LogP contribution in [0.2, 0.25) is 0 Å². The van der Waals surface area contributed by atoms with Gasteiger partial charge < -0.3 is 15.2 Å². The predicted octanol–water partition coefficient (Wildman–Crippen LogP) is 3.46. The molecule has 0 amide bonds. The summed E-state index contributed by atoms with van der Waals surface area (Å²) in [6.45, 7) is 0.0783. The fourth-order valence-corrected chi connectivity index (χ4v) is 2.08. The van der Waals surface area contributed by atoms with Crippen molar-refractivity contribution in [1.82, 2.24) is 0 Å². The molecule has 0 radical (unpaired) electrons. The maximum absolute atomic E-state index is 13.7. The molecule has 110 valence electrons. The Kier molecular flexibility index (Phi) is 4.80. The minimum Gasteiger partial charge on any atom is -0.493 e. The van der Waals surface area contributed by atoms with Crippen molar-refractivity contribution >= 4 is 21.8 Å². The normalized spacial score (nSPS) is 10.2. The third kappa shape index (κ3) is 3.72. The number of rotatable bonds is 5. The molecular formula is C15H14BrFN2O2. The second-order valence-corrected chi connectivity index (χ2v) is 5.22. The van der Waals surface area contributed by atoms with E-state index in [0.717, 1.165) is 0 Å². The van der Waals surface area contributed by atoms with Gasteiger partial charge in [-0.2, -0.15) is 0 Å². The Morgan fingerprint density at radius 2 is 2.00 bits per heavy atom. The fraction of sp³-hybridized carbons (Fsp3) is 0.133. The van der Waals surface area contributed by atoms with Crippen LogP contribution in [0.5, 0.6) is 11.5 Å². The summed E-state index contributed by atoms with van der Waals surface area (Å²) in [7, 11) is 1.49. The number of nitrogens with two attached hydrogens (primary N) is 1. The summed E-state index contributed by atoms with van der Waals surface area (Å²) < 4.78 is 25.2. The minimum atomic E-state index is -0.344. The van der Waals surface area contributed by atoms with Gasteiger partial charge in [-0.25, -0.2) is 4.39 Å². The van der Waals surface area contributed by atoms with E-state index < -0.39 is 0 Å². The number of hydrogen-bond acceptors (Lipinski definition) is 3.